The van der Waals surface area contributed by atoms with Gasteiger partial charge < -0.3 is 19.1 Å². The molecule has 0 fully saturated rings. The minimum atomic E-state index is -4.56. The van der Waals surface area contributed by atoms with Crippen molar-refractivity contribution >= 4 is 43.2 Å². The maximum absolute atomic E-state index is 13.4. The summed E-state index contributed by atoms with van der Waals surface area (Å²) in [5.74, 6) is -0.0869. The molecule has 9 nitrogen and oxygen atoms in total. The molecule has 1 aromatic heterocycles. The predicted molar refractivity (Wildman–Crippen MR) is 146 cm³/mol. The molecule has 0 radical (unpaired) electrons. The van der Waals surface area contributed by atoms with E-state index in [4.69, 9.17) is 14.2 Å². The van der Waals surface area contributed by atoms with Crippen molar-refractivity contribution in [3.8, 4) is 16.9 Å². The first kappa shape index (κ1) is 29.8. The van der Waals surface area contributed by atoms with Crippen LogP contribution in [0.4, 0.5) is 24.5 Å². The van der Waals surface area contributed by atoms with Crippen LogP contribution in [-0.2, 0) is 32.1 Å². The van der Waals surface area contributed by atoms with Crippen LogP contribution in [0.15, 0.2) is 53.1 Å². The van der Waals surface area contributed by atoms with Gasteiger partial charge in [-0.15, -0.1) is 0 Å². The van der Waals surface area contributed by atoms with Gasteiger partial charge in [-0.05, 0) is 47.9 Å². The highest BCUT2D eigenvalue weighted by Gasteiger charge is 2.33. The van der Waals surface area contributed by atoms with Gasteiger partial charge in [-0.2, -0.15) is 13.2 Å². The highest BCUT2D eigenvalue weighted by Crippen LogP contribution is 2.37. The molecule has 0 bridgehead atoms. The number of alkyl halides is 3. The quantitative estimate of drug-likeness (QED) is 0.242. The summed E-state index contributed by atoms with van der Waals surface area (Å²) in [5.41, 5.74) is 1.82. The fourth-order valence-electron chi connectivity index (χ4n) is 4.10. The zero-order valence-corrected chi connectivity index (χ0v) is 23.8. The second kappa shape index (κ2) is 12.1. The van der Waals surface area contributed by atoms with Gasteiger partial charge in [-0.25, -0.2) is 8.42 Å². The summed E-state index contributed by atoms with van der Waals surface area (Å²) in [6, 6.07) is 10.6. The molecule has 3 aromatic rings. The van der Waals surface area contributed by atoms with Gasteiger partial charge in [0.2, 0.25) is 10.0 Å². The van der Waals surface area contributed by atoms with E-state index in [0.29, 0.717) is 48.6 Å². The summed E-state index contributed by atoms with van der Waals surface area (Å²) in [4.78, 5) is 18.5. The molecule has 2 heterocycles. The molecule has 0 atom stereocenters. The summed E-state index contributed by atoms with van der Waals surface area (Å²) in [7, 11) is -2.13. The number of ether oxygens (including phenoxy) is 3. The number of benzene rings is 2. The van der Waals surface area contributed by atoms with Crippen molar-refractivity contribution in [2.24, 2.45) is 0 Å². The van der Waals surface area contributed by atoms with Gasteiger partial charge in [0.15, 0.2) is 6.79 Å². The van der Waals surface area contributed by atoms with E-state index in [1.807, 2.05) is 0 Å². The molecule has 214 valence electrons. The summed E-state index contributed by atoms with van der Waals surface area (Å²) in [6.07, 6.45) is -1.95. The van der Waals surface area contributed by atoms with E-state index in [1.165, 1.54) is 18.1 Å². The predicted octanol–water partition coefficient (Wildman–Crippen LogP) is 5.10. The van der Waals surface area contributed by atoms with Crippen molar-refractivity contribution in [2.45, 2.75) is 12.6 Å². The SMILES string of the molecule is COCCOCOc1ccc(N2CCc3cc(-c4cnc(C(F)(F)F)cc4Br)ccc3C2=O)cc1NS(C)(=O)=O. The van der Waals surface area contributed by atoms with Gasteiger partial charge in [-0.3, -0.25) is 14.5 Å². The second-order valence-electron chi connectivity index (χ2n) is 8.84. The van der Waals surface area contributed by atoms with Gasteiger partial charge in [0.05, 0.1) is 25.2 Å². The number of hydrogen-bond donors (Lipinski definition) is 1. The Morgan fingerprint density at radius 3 is 2.55 bits per heavy atom. The van der Waals surface area contributed by atoms with Crippen LogP contribution in [-0.4, -0.2) is 59.2 Å². The highest BCUT2D eigenvalue weighted by molar-refractivity contribution is 9.10. The number of hydrogen-bond acceptors (Lipinski definition) is 7. The molecule has 0 unspecified atom stereocenters. The fraction of sp³-hybridized carbons (Fsp3) is 0.308. The Hall–Kier alpha value is -3.20. The molecule has 1 amide bonds. The number of anilines is 2. The zero-order chi connectivity index (χ0) is 29.1. The second-order valence-corrected chi connectivity index (χ2v) is 11.4. The van der Waals surface area contributed by atoms with E-state index in [-0.39, 0.29) is 28.6 Å². The normalized spacial score (nSPS) is 13.8. The molecular formula is C26H25BrF3N3O6S. The lowest BCUT2D eigenvalue weighted by Gasteiger charge is -2.29. The average Bonchev–Trinajstić information content (AvgIpc) is 2.88. The maximum atomic E-state index is 13.4. The van der Waals surface area contributed by atoms with E-state index >= 15 is 0 Å². The number of halogens is 4. The molecule has 1 N–H and O–H groups in total. The number of sulfonamides is 1. The molecule has 0 saturated heterocycles. The number of rotatable bonds is 10. The van der Waals surface area contributed by atoms with Gasteiger partial charge in [0, 0.05) is 41.1 Å². The number of carbonyl (C=O) groups is 1. The smallest absolute Gasteiger partial charge is 0.433 e. The Morgan fingerprint density at radius 1 is 1.10 bits per heavy atom. The largest absolute Gasteiger partial charge is 0.465 e. The van der Waals surface area contributed by atoms with Gasteiger partial charge in [-0.1, -0.05) is 28.1 Å². The number of methoxy groups -OCH3 is 1. The molecule has 0 saturated carbocycles. The third-order valence-corrected chi connectivity index (χ3v) is 7.19. The Morgan fingerprint density at radius 2 is 1.88 bits per heavy atom. The van der Waals surface area contributed by atoms with Crippen LogP contribution in [0.3, 0.4) is 0 Å². The molecule has 0 spiro atoms. The zero-order valence-electron chi connectivity index (χ0n) is 21.4. The Bertz CT molecular complexity index is 1520. The van der Waals surface area contributed by atoms with Crippen LogP contribution in [0.5, 0.6) is 5.75 Å². The van der Waals surface area contributed by atoms with Gasteiger partial charge >= 0.3 is 6.18 Å². The van der Waals surface area contributed by atoms with E-state index in [9.17, 15) is 26.4 Å². The average molecular weight is 644 g/mol. The molecule has 1 aliphatic rings. The van der Waals surface area contributed by atoms with Crippen molar-refractivity contribution in [1.29, 1.82) is 0 Å². The number of fused-ring (bicyclic) bond motifs is 1. The first-order valence-electron chi connectivity index (χ1n) is 11.9. The molecular weight excluding hydrogens is 619 g/mol. The van der Waals surface area contributed by atoms with E-state index < -0.39 is 21.9 Å². The van der Waals surface area contributed by atoms with Crippen LogP contribution < -0.4 is 14.4 Å². The minimum Gasteiger partial charge on any atom is -0.465 e. The molecule has 14 heteroatoms. The van der Waals surface area contributed by atoms with E-state index in [2.05, 4.69) is 25.6 Å². The molecule has 40 heavy (non-hydrogen) atoms. The third-order valence-electron chi connectivity index (χ3n) is 5.94. The lowest BCUT2D eigenvalue weighted by atomic mass is 9.94. The standard InChI is InChI=1S/C26H25BrF3N3O6S/c1-37-9-10-38-15-39-23-6-4-18(12-22(23)32-40(2,35)36)33-8-7-17-11-16(3-5-19(17)25(33)34)20-14-31-24(13-21(20)27)26(28,29)30/h3-6,11-14,32H,7-10,15H2,1-2H3. The maximum Gasteiger partial charge on any atom is 0.433 e. The first-order valence-corrected chi connectivity index (χ1v) is 14.5. The summed E-state index contributed by atoms with van der Waals surface area (Å²) in [6.45, 7) is 0.818. The van der Waals surface area contributed by atoms with Crippen molar-refractivity contribution < 1.29 is 40.6 Å². The first-order chi connectivity index (χ1) is 18.9. The van der Waals surface area contributed by atoms with Gasteiger partial charge in [0.25, 0.3) is 5.91 Å². The van der Waals surface area contributed by atoms with Crippen molar-refractivity contribution in [1.82, 2.24) is 4.98 Å². The van der Waals surface area contributed by atoms with E-state index in [0.717, 1.165) is 24.1 Å². The molecule has 4 rings (SSSR count). The van der Waals surface area contributed by atoms with Crippen LogP contribution >= 0.6 is 15.9 Å². The topological polar surface area (TPSA) is 107 Å². The van der Waals surface area contributed by atoms with E-state index in [1.54, 1.807) is 30.3 Å². The fourth-order valence-corrected chi connectivity index (χ4v) is 5.21. The monoisotopic (exact) mass is 643 g/mol. The summed E-state index contributed by atoms with van der Waals surface area (Å²) < 4.78 is 81.3. The number of nitrogens with one attached hydrogen (secondary N) is 1. The minimum absolute atomic E-state index is 0.135. The third kappa shape index (κ3) is 7.11. The lowest BCUT2D eigenvalue weighted by Crippen LogP contribution is -2.37. The van der Waals surface area contributed by atoms with Gasteiger partial charge in [0.1, 0.15) is 11.4 Å². The number of pyridine rings is 1. The molecule has 2 aromatic carbocycles. The highest BCUT2D eigenvalue weighted by atomic mass is 79.9. The number of aromatic nitrogens is 1. The number of nitrogens with zero attached hydrogens (tertiary/aromatic N) is 2. The molecule has 1 aliphatic heterocycles. The van der Waals surface area contributed by atoms with Crippen LogP contribution in [0.1, 0.15) is 21.6 Å². The van der Waals surface area contributed by atoms with Crippen molar-refractivity contribution in [2.75, 3.05) is 49.5 Å². The Balaban J connectivity index is 1.57. The summed E-state index contributed by atoms with van der Waals surface area (Å²) in [5, 5.41) is 0. The summed E-state index contributed by atoms with van der Waals surface area (Å²) >= 11 is 3.20. The van der Waals surface area contributed by atoms with Crippen LogP contribution in [0, 0.1) is 0 Å². The van der Waals surface area contributed by atoms with Crippen molar-refractivity contribution in [3.63, 3.8) is 0 Å². The Labute approximate surface area is 237 Å². The lowest BCUT2D eigenvalue weighted by molar-refractivity contribution is -0.141. The molecule has 0 aliphatic carbocycles. The van der Waals surface area contributed by atoms with Crippen LogP contribution in [0.25, 0.3) is 11.1 Å². The number of carbonyl (C=O) groups excluding carboxylic acids is 1. The van der Waals surface area contributed by atoms with Crippen molar-refractivity contribution in [3.05, 3.63) is 70.0 Å². The Kier molecular flexibility index (Phi) is 9.02. The van der Waals surface area contributed by atoms with Crippen LogP contribution in [0.2, 0.25) is 0 Å². The number of amides is 1.